The average molecular weight is 532 g/mol. The topological polar surface area (TPSA) is 96.5 Å². The van der Waals surface area contributed by atoms with Crippen molar-refractivity contribution in [3.05, 3.63) is 53.7 Å². The number of nitrogens with zero attached hydrogens (tertiary/aromatic N) is 3. The van der Waals surface area contributed by atoms with E-state index in [1.165, 1.54) is 0 Å². The second-order valence-corrected chi connectivity index (χ2v) is 12.0. The van der Waals surface area contributed by atoms with Gasteiger partial charge in [-0.1, -0.05) is 26.0 Å². The molecule has 3 aromatic rings. The van der Waals surface area contributed by atoms with E-state index in [9.17, 15) is 9.59 Å². The number of nitrogens with one attached hydrogen (secondary N) is 2. The summed E-state index contributed by atoms with van der Waals surface area (Å²) in [6.45, 7) is 15.0. The van der Waals surface area contributed by atoms with Crippen LogP contribution in [0.25, 0.3) is 22.0 Å². The summed E-state index contributed by atoms with van der Waals surface area (Å²) in [6, 6.07) is 12.2. The van der Waals surface area contributed by atoms with E-state index in [-0.39, 0.29) is 18.1 Å². The van der Waals surface area contributed by atoms with Crippen molar-refractivity contribution in [3.63, 3.8) is 0 Å². The molecule has 8 heteroatoms. The lowest BCUT2D eigenvalue weighted by Crippen LogP contribution is -2.48. The maximum absolute atomic E-state index is 12.7. The third-order valence-corrected chi connectivity index (χ3v) is 6.52. The Morgan fingerprint density at radius 1 is 1.10 bits per heavy atom. The van der Waals surface area contributed by atoms with Gasteiger partial charge < -0.3 is 20.3 Å². The van der Waals surface area contributed by atoms with Crippen LogP contribution in [0.15, 0.2) is 42.6 Å². The number of hydrogen-bond donors (Lipinski definition) is 2. The summed E-state index contributed by atoms with van der Waals surface area (Å²) < 4.78 is 5.47. The minimum Gasteiger partial charge on any atom is -0.447 e. The summed E-state index contributed by atoms with van der Waals surface area (Å²) in [7, 11) is 0. The van der Waals surface area contributed by atoms with Crippen LogP contribution in [-0.2, 0) is 4.74 Å². The zero-order chi connectivity index (χ0) is 28.3. The van der Waals surface area contributed by atoms with Gasteiger partial charge in [-0.15, -0.1) is 0 Å². The van der Waals surface area contributed by atoms with Crippen LogP contribution in [0.4, 0.5) is 10.7 Å². The van der Waals surface area contributed by atoms with Crippen molar-refractivity contribution >= 4 is 28.9 Å². The second-order valence-electron chi connectivity index (χ2n) is 12.0. The number of amides is 2. The van der Waals surface area contributed by atoms with Gasteiger partial charge in [0, 0.05) is 36.3 Å². The summed E-state index contributed by atoms with van der Waals surface area (Å²) in [4.78, 5) is 36.3. The van der Waals surface area contributed by atoms with E-state index in [1.54, 1.807) is 4.90 Å². The highest BCUT2D eigenvalue weighted by molar-refractivity contribution is 5.96. The Morgan fingerprint density at radius 3 is 2.51 bits per heavy atom. The summed E-state index contributed by atoms with van der Waals surface area (Å²) >= 11 is 0. The zero-order valence-electron chi connectivity index (χ0n) is 24.2. The Balaban J connectivity index is 1.51. The molecule has 0 bridgehead atoms. The van der Waals surface area contributed by atoms with Crippen LogP contribution in [0, 0.1) is 12.8 Å². The smallest absolute Gasteiger partial charge is 0.410 e. The molecule has 39 heavy (non-hydrogen) atoms. The molecule has 0 saturated heterocycles. The minimum atomic E-state index is -0.489. The fourth-order valence-electron chi connectivity index (χ4n) is 4.57. The zero-order valence-corrected chi connectivity index (χ0v) is 24.2. The second kappa shape index (κ2) is 11.6. The highest BCUT2D eigenvalue weighted by Gasteiger charge is 2.28. The lowest BCUT2D eigenvalue weighted by molar-refractivity contribution is 0.0685. The van der Waals surface area contributed by atoms with Crippen LogP contribution in [0.5, 0.6) is 0 Å². The van der Waals surface area contributed by atoms with Gasteiger partial charge in [0.05, 0.1) is 17.2 Å². The van der Waals surface area contributed by atoms with Crippen molar-refractivity contribution in [2.24, 2.45) is 5.92 Å². The van der Waals surface area contributed by atoms with E-state index in [0.717, 1.165) is 40.4 Å². The van der Waals surface area contributed by atoms with E-state index < -0.39 is 5.54 Å². The first-order chi connectivity index (χ1) is 18.4. The van der Waals surface area contributed by atoms with Crippen molar-refractivity contribution in [2.45, 2.75) is 79.0 Å². The molecular weight excluding hydrogens is 490 g/mol. The van der Waals surface area contributed by atoms with Gasteiger partial charge in [0.2, 0.25) is 5.95 Å². The fourth-order valence-corrected chi connectivity index (χ4v) is 4.57. The summed E-state index contributed by atoms with van der Waals surface area (Å²) in [5.41, 5.74) is 4.12. The Bertz CT molecular complexity index is 1350. The molecule has 0 atom stereocenters. The standard InChI is InChI=1S/C31H41N5O3/c1-19(2)17-36(30(38)39-20(3)4)18-31(6,7)35-29-32-16-24-14-22(10-13-27(24)34-29)26-15-23(9-8-21(26)5)28(37)33-25-11-12-25/h8-10,13-16,19-20,25H,11-12,17-18H2,1-7H3,(H,33,37)(H,32,34,35). The van der Waals surface area contributed by atoms with Crippen molar-refractivity contribution in [1.82, 2.24) is 20.2 Å². The number of carbonyl (C=O) groups is 2. The van der Waals surface area contributed by atoms with Crippen molar-refractivity contribution < 1.29 is 14.3 Å². The lowest BCUT2D eigenvalue weighted by Gasteiger charge is -2.34. The highest BCUT2D eigenvalue weighted by atomic mass is 16.6. The molecule has 8 nitrogen and oxygen atoms in total. The van der Waals surface area contributed by atoms with Crippen LogP contribution in [0.2, 0.25) is 0 Å². The molecule has 2 N–H and O–H groups in total. The first kappa shape index (κ1) is 28.3. The number of aryl methyl sites for hydroxylation is 1. The van der Waals surface area contributed by atoms with Gasteiger partial charge in [-0.25, -0.2) is 14.8 Å². The largest absolute Gasteiger partial charge is 0.447 e. The summed E-state index contributed by atoms with van der Waals surface area (Å²) in [5, 5.41) is 7.37. The number of anilines is 1. The lowest BCUT2D eigenvalue weighted by atomic mass is 9.97. The molecule has 1 fully saturated rings. The SMILES string of the molecule is Cc1ccc(C(=O)NC2CC2)cc1-c1ccc2nc(NC(C)(C)CN(CC(C)C)C(=O)OC(C)C)ncc2c1. The van der Waals surface area contributed by atoms with E-state index in [4.69, 9.17) is 9.72 Å². The Kier molecular flexibility index (Phi) is 8.42. The highest BCUT2D eigenvalue weighted by Crippen LogP contribution is 2.29. The number of benzene rings is 2. The maximum Gasteiger partial charge on any atom is 0.410 e. The number of hydrogen-bond acceptors (Lipinski definition) is 6. The molecule has 1 aromatic heterocycles. The molecule has 2 aromatic carbocycles. The molecule has 1 aliphatic rings. The minimum absolute atomic E-state index is 0.0226. The Morgan fingerprint density at radius 2 is 1.85 bits per heavy atom. The Hall–Kier alpha value is -3.68. The molecule has 1 saturated carbocycles. The van der Waals surface area contributed by atoms with Gasteiger partial charge in [-0.2, -0.15) is 0 Å². The van der Waals surface area contributed by atoms with Crippen LogP contribution in [0.3, 0.4) is 0 Å². The van der Waals surface area contributed by atoms with E-state index in [1.807, 2.05) is 71.1 Å². The monoisotopic (exact) mass is 531 g/mol. The molecule has 0 spiro atoms. The van der Waals surface area contributed by atoms with E-state index in [2.05, 4.69) is 35.5 Å². The molecule has 2 amide bonds. The van der Waals surface area contributed by atoms with Gasteiger partial charge >= 0.3 is 6.09 Å². The molecule has 0 aliphatic heterocycles. The molecule has 1 heterocycles. The van der Waals surface area contributed by atoms with Crippen LogP contribution in [0.1, 0.15) is 70.3 Å². The predicted octanol–water partition coefficient (Wildman–Crippen LogP) is 6.19. The molecule has 4 rings (SSSR count). The van der Waals surface area contributed by atoms with Crippen molar-refractivity contribution in [3.8, 4) is 11.1 Å². The number of rotatable bonds is 10. The average Bonchev–Trinajstić information content (AvgIpc) is 3.66. The van der Waals surface area contributed by atoms with Gasteiger partial charge in [0.25, 0.3) is 5.91 Å². The van der Waals surface area contributed by atoms with Crippen molar-refractivity contribution in [1.29, 1.82) is 0 Å². The maximum atomic E-state index is 12.7. The van der Waals surface area contributed by atoms with Gasteiger partial charge in [0.1, 0.15) is 0 Å². The number of carbonyl (C=O) groups excluding carboxylic acids is 2. The summed E-state index contributed by atoms with van der Waals surface area (Å²) in [6.07, 6.45) is 3.43. The third kappa shape index (κ3) is 7.68. The normalized spacial score (nSPS) is 13.6. The van der Waals surface area contributed by atoms with Gasteiger partial charge in [0.15, 0.2) is 0 Å². The van der Waals surface area contributed by atoms with Crippen LogP contribution < -0.4 is 10.6 Å². The van der Waals surface area contributed by atoms with Gasteiger partial charge in [-0.05, 0) is 94.3 Å². The molecule has 208 valence electrons. The quantitative estimate of drug-likeness (QED) is 0.324. The number of fused-ring (bicyclic) bond motifs is 1. The molecule has 0 radical (unpaired) electrons. The fraction of sp³-hybridized carbons (Fsp3) is 0.484. The molecule has 1 aliphatic carbocycles. The molecule has 0 unspecified atom stereocenters. The Labute approximate surface area is 231 Å². The van der Waals surface area contributed by atoms with Gasteiger partial charge in [-0.3, -0.25) is 4.79 Å². The molecular formula is C31H41N5O3. The van der Waals surface area contributed by atoms with Crippen LogP contribution in [-0.4, -0.2) is 57.6 Å². The third-order valence-electron chi connectivity index (χ3n) is 6.52. The van der Waals surface area contributed by atoms with Crippen molar-refractivity contribution in [2.75, 3.05) is 18.4 Å². The predicted molar refractivity (Wildman–Crippen MR) is 156 cm³/mol. The number of aromatic nitrogens is 2. The summed E-state index contributed by atoms with van der Waals surface area (Å²) in [5.74, 6) is 0.783. The number of ether oxygens (including phenoxy) is 1. The van der Waals surface area contributed by atoms with E-state index >= 15 is 0 Å². The first-order valence-corrected chi connectivity index (χ1v) is 13.8. The van der Waals surface area contributed by atoms with Crippen LogP contribution >= 0.6 is 0 Å². The first-order valence-electron chi connectivity index (χ1n) is 13.8. The van der Waals surface area contributed by atoms with E-state index in [0.29, 0.717) is 36.6 Å².